The van der Waals surface area contributed by atoms with Gasteiger partial charge < -0.3 is 5.11 Å². The Balaban J connectivity index is 1.79. The quantitative estimate of drug-likeness (QED) is 0.903. The van der Waals surface area contributed by atoms with Crippen LogP contribution in [-0.4, -0.2) is 33.9 Å². The Bertz CT molecular complexity index is 474. The highest BCUT2D eigenvalue weighted by Crippen LogP contribution is 2.47. The lowest BCUT2D eigenvalue weighted by Crippen LogP contribution is -2.62. The molecule has 2 saturated heterocycles. The molecule has 2 nitrogen and oxygen atoms in total. The number of rotatable bonds is 2. The van der Waals surface area contributed by atoms with Crippen LogP contribution in [0, 0.1) is 0 Å². The molecule has 2 bridgehead atoms. The maximum Gasteiger partial charge on any atom is 0.417 e. The van der Waals surface area contributed by atoms with E-state index in [1.54, 1.807) is 0 Å². The van der Waals surface area contributed by atoms with Crippen LogP contribution in [0.1, 0.15) is 37.7 Å². The Morgan fingerprint density at radius 1 is 1.10 bits per heavy atom. The van der Waals surface area contributed by atoms with Gasteiger partial charge in [-0.2, -0.15) is 13.2 Å². The second-order valence-electron chi connectivity index (χ2n) is 6.33. The first-order valence-electron chi connectivity index (χ1n) is 7.48. The van der Waals surface area contributed by atoms with Crippen LogP contribution in [0.15, 0.2) is 30.3 Å². The number of fused-ring (bicyclic) bond motifs is 2. The molecule has 0 saturated carbocycles. The lowest BCUT2D eigenvalue weighted by Gasteiger charge is -2.52. The Kier molecular flexibility index (Phi) is 3.74. The standard InChI is InChI=1S/C16H20F3NO/c17-16(18,19)15(21)9-13-7-4-8-14(10-15)20(13)11-12-5-2-1-3-6-12/h1-3,5-6,13-14,21H,4,7-11H2/t13-,14-/m1/s1. The van der Waals surface area contributed by atoms with Gasteiger partial charge in [0.1, 0.15) is 0 Å². The third kappa shape index (κ3) is 2.81. The second-order valence-corrected chi connectivity index (χ2v) is 6.33. The molecule has 1 aromatic carbocycles. The fraction of sp³-hybridized carbons (Fsp3) is 0.625. The number of benzene rings is 1. The first-order chi connectivity index (χ1) is 9.89. The lowest BCUT2D eigenvalue weighted by atomic mass is 9.75. The van der Waals surface area contributed by atoms with Crippen LogP contribution in [0.2, 0.25) is 0 Å². The Labute approximate surface area is 122 Å². The molecule has 2 heterocycles. The number of nitrogens with zero attached hydrogens (tertiary/aromatic N) is 1. The van der Waals surface area contributed by atoms with Gasteiger partial charge in [0.25, 0.3) is 0 Å². The first kappa shape index (κ1) is 14.9. The minimum Gasteiger partial charge on any atom is -0.380 e. The molecule has 21 heavy (non-hydrogen) atoms. The van der Waals surface area contributed by atoms with Crippen molar-refractivity contribution in [1.82, 2.24) is 4.90 Å². The molecule has 2 aliphatic rings. The van der Waals surface area contributed by atoms with Crippen LogP contribution in [-0.2, 0) is 6.54 Å². The third-order valence-corrected chi connectivity index (χ3v) is 4.89. The number of halogens is 3. The predicted octanol–water partition coefficient (Wildman–Crippen LogP) is 3.50. The molecule has 0 aromatic heterocycles. The zero-order chi connectivity index (χ0) is 15.1. The molecule has 0 unspecified atom stereocenters. The third-order valence-electron chi connectivity index (χ3n) is 4.89. The molecule has 2 fully saturated rings. The van der Waals surface area contributed by atoms with Gasteiger partial charge in [0, 0.05) is 31.5 Å². The van der Waals surface area contributed by atoms with Crippen molar-refractivity contribution in [3.05, 3.63) is 35.9 Å². The van der Waals surface area contributed by atoms with Gasteiger partial charge in [-0.25, -0.2) is 0 Å². The molecule has 0 spiro atoms. The summed E-state index contributed by atoms with van der Waals surface area (Å²) in [6.45, 7) is 0.671. The Morgan fingerprint density at radius 2 is 1.67 bits per heavy atom. The minimum absolute atomic E-state index is 0.177. The van der Waals surface area contributed by atoms with Crippen LogP contribution in [0.5, 0.6) is 0 Å². The van der Waals surface area contributed by atoms with Crippen molar-refractivity contribution in [3.63, 3.8) is 0 Å². The van der Waals surface area contributed by atoms with Crippen LogP contribution in [0.4, 0.5) is 13.2 Å². The average molecular weight is 299 g/mol. The zero-order valence-electron chi connectivity index (χ0n) is 11.8. The second kappa shape index (κ2) is 5.29. The Morgan fingerprint density at radius 3 is 2.19 bits per heavy atom. The van der Waals surface area contributed by atoms with Gasteiger partial charge in [0.15, 0.2) is 5.60 Å². The largest absolute Gasteiger partial charge is 0.417 e. The first-order valence-corrected chi connectivity index (χ1v) is 7.48. The molecule has 0 radical (unpaired) electrons. The summed E-state index contributed by atoms with van der Waals surface area (Å²) in [5.41, 5.74) is -1.39. The monoisotopic (exact) mass is 299 g/mol. The fourth-order valence-corrected chi connectivity index (χ4v) is 3.80. The van der Waals surface area contributed by atoms with E-state index in [2.05, 4.69) is 4.90 Å². The van der Waals surface area contributed by atoms with Gasteiger partial charge in [0.2, 0.25) is 0 Å². The molecule has 3 rings (SSSR count). The summed E-state index contributed by atoms with van der Waals surface area (Å²) in [5, 5.41) is 10.0. The average Bonchev–Trinajstić information content (AvgIpc) is 2.40. The van der Waals surface area contributed by atoms with Crippen LogP contribution in [0.3, 0.4) is 0 Å². The van der Waals surface area contributed by atoms with Crippen LogP contribution < -0.4 is 0 Å². The molecular formula is C16H20F3NO. The van der Waals surface area contributed by atoms with Gasteiger partial charge in [-0.3, -0.25) is 4.90 Å². The van der Waals surface area contributed by atoms with Gasteiger partial charge in [-0.1, -0.05) is 36.8 Å². The number of piperidine rings is 2. The molecular weight excluding hydrogens is 279 g/mol. The lowest BCUT2D eigenvalue weighted by molar-refractivity contribution is -0.286. The molecule has 5 heteroatoms. The highest BCUT2D eigenvalue weighted by Gasteiger charge is 2.59. The molecule has 2 aliphatic heterocycles. The van der Waals surface area contributed by atoms with Crippen molar-refractivity contribution in [1.29, 1.82) is 0 Å². The van der Waals surface area contributed by atoms with E-state index in [1.165, 1.54) is 0 Å². The molecule has 0 amide bonds. The van der Waals surface area contributed by atoms with E-state index >= 15 is 0 Å². The summed E-state index contributed by atoms with van der Waals surface area (Å²) in [6.07, 6.45) is -2.49. The fourth-order valence-electron chi connectivity index (χ4n) is 3.80. The van der Waals surface area contributed by atoms with Gasteiger partial charge in [-0.15, -0.1) is 0 Å². The maximum absolute atomic E-state index is 13.1. The summed E-state index contributed by atoms with van der Waals surface area (Å²) in [6, 6.07) is 9.47. The molecule has 116 valence electrons. The van der Waals surface area contributed by atoms with Gasteiger partial charge >= 0.3 is 6.18 Å². The predicted molar refractivity (Wildman–Crippen MR) is 73.7 cm³/mol. The maximum atomic E-state index is 13.1. The van der Waals surface area contributed by atoms with E-state index in [4.69, 9.17) is 0 Å². The normalized spacial score (nSPS) is 33.9. The van der Waals surface area contributed by atoms with E-state index in [0.29, 0.717) is 6.54 Å². The van der Waals surface area contributed by atoms with Crippen molar-refractivity contribution < 1.29 is 18.3 Å². The van der Waals surface area contributed by atoms with Crippen molar-refractivity contribution in [2.24, 2.45) is 0 Å². The molecule has 1 aromatic rings. The smallest absolute Gasteiger partial charge is 0.380 e. The summed E-state index contributed by atoms with van der Waals surface area (Å²) in [4.78, 5) is 2.17. The highest BCUT2D eigenvalue weighted by molar-refractivity contribution is 5.16. The molecule has 1 N–H and O–H groups in total. The Hall–Kier alpha value is -1.07. The van der Waals surface area contributed by atoms with E-state index < -0.39 is 11.8 Å². The van der Waals surface area contributed by atoms with Gasteiger partial charge in [-0.05, 0) is 18.4 Å². The van der Waals surface area contributed by atoms with E-state index in [9.17, 15) is 18.3 Å². The number of aliphatic hydroxyl groups is 1. The summed E-state index contributed by atoms with van der Waals surface area (Å²) in [5.74, 6) is 0. The zero-order valence-corrected chi connectivity index (χ0v) is 11.8. The summed E-state index contributed by atoms with van der Waals surface area (Å²) >= 11 is 0. The van der Waals surface area contributed by atoms with E-state index in [1.807, 2.05) is 30.3 Å². The number of hydrogen-bond donors (Lipinski definition) is 1. The number of alkyl halides is 3. The van der Waals surface area contributed by atoms with E-state index in [-0.39, 0.29) is 24.9 Å². The molecule has 0 aliphatic carbocycles. The number of hydrogen-bond acceptors (Lipinski definition) is 2. The van der Waals surface area contributed by atoms with Crippen molar-refractivity contribution >= 4 is 0 Å². The van der Waals surface area contributed by atoms with Gasteiger partial charge in [0.05, 0.1) is 0 Å². The van der Waals surface area contributed by atoms with E-state index in [0.717, 1.165) is 24.8 Å². The highest BCUT2D eigenvalue weighted by atomic mass is 19.4. The van der Waals surface area contributed by atoms with Crippen molar-refractivity contribution in [3.8, 4) is 0 Å². The summed E-state index contributed by atoms with van der Waals surface area (Å²) < 4.78 is 39.4. The van der Waals surface area contributed by atoms with Crippen molar-refractivity contribution in [2.45, 2.75) is 62.5 Å². The topological polar surface area (TPSA) is 23.5 Å². The van der Waals surface area contributed by atoms with Crippen LogP contribution >= 0.6 is 0 Å². The SMILES string of the molecule is OC1(C(F)(F)F)C[C@H]2CCC[C@H](C1)N2Cc1ccccc1. The van der Waals surface area contributed by atoms with Crippen LogP contribution in [0.25, 0.3) is 0 Å². The van der Waals surface area contributed by atoms with Crippen molar-refractivity contribution in [2.75, 3.05) is 0 Å². The minimum atomic E-state index is -4.53. The molecule has 2 atom stereocenters. The summed E-state index contributed by atoms with van der Waals surface area (Å²) in [7, 11) is 0.